The van der Waals surface area contributed by atoms with Crippen molar-refractivity contribution in [2.45, 2.75) is 0 Å². The van der Waals surface area contributed by atoms with Gasteiger partial charge in [0.05, 0.1) is 22.3 Å². The fraction of sp³-hybridized carbons (Fsp3) is 0. The van der Waals surface area contributed by atoms with Gasteiger partial charge in [0.1, 0.15) is 0 Å². The topological polar surface area (TPSA) is 92.3 Å². The van der Waals surface area contributed by atoms with Crippen molar-refractivity contribution in [2.75, 3.05) is 0 Å². The van der Waals surface area contributed by atoms with Crippen LogP contribution < -0.4 is 10.6 Å². The Morgan fingerprint density at radius 1 is 0.464 bits per heavy atom. The van der Waals surface area contributed by atoms with Gasteiger partial charge in [-0.25, -0.2) is 0 Å². The van der Waals surface area contributed by atoms with Crippen LogP contribution in [0.15, 0.2) is 60.7 Å². The highest BCUT2D eigenvalue weighted by atomic mass is 16.2. The molecule has 28 heavy (non-hydrogen) atoms. The molecular formula is C22H12N2O4. The van der Waals surface area contributed by atoms with Crippen LogP contribution in [0.5, 0.6) is 0 Å². The van der Waals surface area contributed by atoms with Crippen LogP contribution in [0.4, 0.5) is 0 Å². The zero-order chi connectivity index (χ0) is 19.4. The van der Waals surface area contributed by atoms with Gasteiger partial charge in [0.25, 0.3) is 23.6 Å². The molecule has 2 aliphatic rings. The number of rotatable bonds is 2. The van der Waals surface area contributed by atoms with Crippen molar-refractivity contribution in [3.63, 3.8) is 0 Å². The summed E-state index contributed by atoms with van der Waals surface area (Å²) in [6.45, 7) is 0. The molecule has 0 spiro atoms. The van der Waals surface area contributed by atoms with Gasteiger partial charge in [-0.3, -0.25) is 29.8 Å². The molecule has 0 radical (unpaired) electrons. The third-order valence-electron chi connectivity index (χ3n) is 5.01. The SMILES string of the molecule is O=C1NC(=O)c2c1cccc2-c1cccc(-c2cccc3c2C(=O)NC3=O)c1. The Labute approximate surface area is 159 Å². The highest BCUT2D eigenvalue weighted by Gasteiger charge is 2.31. The minimum absolute atomic E-state index is 0.343. The second kappa shape index (κ2) is 5.72. The second-order valence-corrected chi connectivity index (χ2v) is 6.60. The predicted molar refractivity (Wildman–Crippen MR) is 101 cm³/mol. The van der Waals surface area contributed by atoms with Crippen LogP contribution in [0.25, 0.3) is 22.3 Å². The molecule has 0 aromatic heterocycles. The van der Waals surface area contributed by atoms with Gasteiger partial charge in [0.15, 0.2) is 0 Å². The van der Waals surface area contributed by atoms with E-state index in [0.717, 1.165) is 11.1 Å². The van der Waals surface area contributed by atoms with E-state index in [1.54, 1.807) is 36.4 Å². The molecule has 4 amide bonds. The number of hydrogen-bond donors (Lipinski definition) is 2. The van der Waals surface area contributed by atoms with E-state index < -0.39 is 23.6 Å². The molecule has 0 saturated carbocycles. The Hall–Kier alpha value is -4.06. The highest BCUT2D eigenvalue weighted by molar-refractivity contribution is 6.25. The maximum Gasteiger partial charge on any atom is 0.259 e. The minimum atomic E-state index is -0.424. The summed E-state index contributed by atoms with van der Waals surface area (Å²) in [5.74, 6) is -1.67. The number of carbonyl (C=O) groups excluding carboxylic acids is 4. The smallest absolute Gasteiger partial charge is 0.259 e. The normalized spacial score (nSPS) is 14.6. The molecule has 0 unspecified atom stereocenters. The van der Waals surface area contributed by atoms with Crippen LogP contribution >= 0.6 is 0 Å². The summed E-state index contributed by atoms with van der Waals surface area (Å²) in [6, 6.07) is 17.6. The van der Waals surface area contributed by atoms with Gasteiger partial charge >= 0.3 is 0 Å². The van der Waals surface area contributed by atoms with Gasteiger partial charge in [0.2, 0.25) is 0 Å². The largest absolute Gasteiger partial charge is 0.288 e. The number of nitrogens with one attached hydrogen (secondary N) is 2. The first-order valence-electron chi connectivity index (χ1n) is 8.63. The molecule has 5 rings (SSSR count). The summed E-state index contributed by atoms with van der Waals surface area (Å²) in [5.41, 5.74) is 4.12. The Morgan fingerprint density at radius 2 is 0.857 bits per heavy atom. The average molecular weight is 368 g/mol. The van der Waals surface area contributed by atoms with Crippen LogP contribution in [0.2, 0.25) is 0 Å². The molecule has 0 saturated heterocycles. The van der Waals surface area contributed by atoms with E-state index in [-0.39, 0.29) is 0 Å². The molecule has 3 aromatic rings. The number of hydrogen-bond acceptors (Lipinski definition) is 4. The molecule has 3 aromatic carbocycles. The fourth-order valence-electron chi connectivity index (χ4n) is 3.77. The first-order valence-corrected chi connectivity index (χ1v) is 8.63. The molecule has 0 atom stereocenters. The lowest BCUT2D eigenvalue weighted by atomic mass is 9.92. The first-order chi connectivity index (χ1) is 13.5. The van der Waals surface area contributed by atoms with E-state index >= 15 is 0 Å². The Kier molecular flexibility index (Phi) is 3.30. The van der Waals surface area contributed by atoms with Crippen LogP contribution in [0, 0.1) is 0 Å². The van der Waals surface area contributed by atoms with Crippen molar-refractivity contribution >= 4 is 23.6 Å². The molecule has 2 aliphatic heterocycles. The maximum atomic E-state index is 12.2. The number of fused-ring (bicyclic) bond motifs is 2. The lowest BCUT2D eigenvalue weighted by Gasteiger charge is -2.10. The summed E-state index contributed by atoms with van der Waals surface area (Å²) < 4.78 is 0. The van der Waals surface area contributed by atoms with E-state index in [1.807, 2.05) is 24.3 Å². The molecular weight excluding hydrogens is 356 g/mol. The van der Waals surface area contributed by atoms with E-state index in [4.69, 9.17) is 0 Å². The van der Waals surface area contributed by atoms with Crippen LogP contribution in [-0.4, -0.2) is 23.6 Å². The third-order valence-corrected chi connectivity index (χ3v) is 5.01. The van der Waals surface area contributed by atoms with Crippen LogP contribution in [-0.2, 0) is 0 Å². The van der Waals surface area contributed by atoms with Crippen LogP contribution in [0.1, 0.15) is 41.4 Å². The van der Waals surface area contributed by atoms with Crippen molar-refractivity contribution in [3.05, 3.63) is 82.9 Å². The quantitative estimate of drug-likeness (QED) is 0.681. The summed E-state index contributed by atoms with van der Waals surface area (Å²) in [6.07, 6.45) is 0. The van der Waals surface area contributed by atoms with Gasteiger partial charge < -0.3 is 0 Å². The molecule has 0 aliphatic carbocycles. The maximum absolute atomic E-state index is 12.2. The van der Waals surface area contributed by atoms with Gasteiger partial charge in [-0.1, -0.05) is 42.5 Å². The van der Waals surface area contributed by atoms with Gasteiger partial charge in [-0.15, -0.1) is 0 Å². The van der Waals surface area contributed by atoms with Gasteiger partial charge in [-0.05, 0) is 40.5 Å². The van der Waals surface area contributed by atoms with Crippen LogP contribution in [0.3, 0.4) is 0 Å². The van der Waals surface area contributed by atoms with Crippen molar-refractivity contribution in [1.82, 2.24) is 10.6 Å². The monoisotopic (exact) mass is 368 g/mol. The summed E-state index contributed by atoms with van der Waals surface area (Å²) >= 11 is 0. The van der Waals surface area contributed by atoms with Crippen molar-refractivity contribution < 1.29 is 19.2 Å². The predicted octanol–water partition coefficient (Wildman–Crippen LogP) is 2.79. The van der Waals surface area contributed by atoms with E-state index in [0.29, 0.717) is 33.4 Å². The molecule has 6 nitrogen and oxygen atoms in total. The summed E-state index contributed by atoms with van der Waals surface area (Å²) in [5, 5.41) is 4.63. The molecule has 0 fully saturated rings. The lowest BCUT2D eigenvalue weighted by Crippen LogP contribution is -2.20. The molecule has 0 bridgehead atoms. The lowest BCUT2D eigenvalue weighted by molar-refractivity contribution is 0.0863. The molecule has 2 heterocycles. The summed E-state index contributed by atoms with van der Waals surface area (Å²) in [4.78, 5) is 48.3. The average Bonchev–Trinajstić information content (AvgIpc) is 3.17. The molecule has 134 valence electrons. The third kappa shape index (κ3) is 2.21. The zero-order valence-corrected chi connectivity index (χ0v) is 14.4. The minimum Gasteiger partial charge on any atom is -0.288 e. The molecule has 2 N–H and O–H groups in total. The standard InChI is InChI=1S/C22H12N2O4/c25-19-15-8-2-6-13(17(15)21(27)23-19)11-4-1-5-12(10-11)14-7-3-9-16-18(14)22(28)24-20(16)26/h1-10H,(H,23,25,27)(H,24,26,28). The first kappa shape index (κ1) is 16.1. The Bertz CT molecular complexity index is 1150. The number of imide groups is 2. The van der Waals surface area contributed by atoms with Crippen molar-refractivity contribution in [1.29, 1.82) is 0 Å². The Balaban J connectivity index is 1.69. The number of carbonyl (C=O) groups is 4. The number of benzene rings is 3. The fourth-order valence-corrected chi connectivity index (χ4v) is 3.77. The van der Waals surface area contributed by atoms with E-state index in [2.05, 4.69) is 10.6 Å². The van der Waals surface area contributed by atoms with Gasteiger partial charge in [0, 0.05) is 0 Å². The highest BCUT2D eigenvalue weighted by Crippen LogP contribution is 2.34. The van der Waals surface area contributed by atoms with E-state index in [1.165, 1.54) is 0 Å². The Morgan fingerprint density at radius 3 is 1.32 bits per heavy atom. The zero-order valence-electron chi connectivity index (χ0n) is 14.4. The van der Waals surface area contributed by atoms with Gasteiger partial charge in [-0.2, -0.15) is 0 Å². The van der Waals surface area contributed by atoms with E-state index in [9.17, 15) is 19.2 Å². The van der Waals surface area contributed by atoms with Crippen molar-refractivity contribution in [3.8, 4) is 22.3 Å². The second-order valence-electron chi connectivity index (χ2n) is 6.60. The number of amides is 4. The summed E-state index contributed by atoms with van der Waals surface area (Å²) in [7, 11) is 0. The van der Waals surface area contributed by atoms with Crippen molar-refractivity contribution in [2.24, 2.45) is 0 Å². The molecule has 6 heteroatoms.